The second-order valence-electron chi connectivity index (χ2n) is 4.95. The molecule has 0 amide bonds. The number of hydrogen-bond donors (Lipinski definition) is 2. The molecule has 0 unspecified atom stereocenters. The first-order valence-electron chi connectivity index (χ1n) is 6.92. The Morgan fingerprint density at radius 3 is 2.10 bits per heavy atom. The highest BCUT2D eigenvalue weighted by Gasteiger charge is 2.08. The molecule has 0 heterocycles. The van der Waals surface area contributed by atoms with Crippen LogP contribution < -0.4 is 10.7 Å². The number of rotatable bonds is 4. The highest BCUT2D eigenvalue weighted by molar-refractivity contribution is 7.80. The van der Waals surface area contributed by atoms with Crippen molar-refractivity contribution >= 4 is 28.7 Å². The molecule has 0 radical (unpaired) electrons. The van der Waals surface area contributed by atoms with Crippen molar-refractivity contribution in [3.8, 4) is 0 Å². The Kier molecular flexibility index (Phi) is 5.46. The lowest BCUT2D eigenvalue weighted by atomic mass is 10.0. The van der Waals surface area contributed by atoms with Gasteiger partial charge >= 0.3 is 0 Å². The molecular formula is C17H19N3S. The fraction of sp³-hybridized carbons (Fsp3) is 0.176. The quantitative estimate of drug-likeness (QED) is 0.508. The van der Waals surface area contributed by atoms with Crippen LogP contribution in [0.4, 0.5) is 5.69 Å². The van der Waals surface area contributed by atoms with E-state index in [4.69, 9.17) is 12.2 Å². The molecule has 2 N–H and O–H groups in total. The second kappa shape index (κ2) is 7.55. The van der Waals surface area contributed by atoms with Crippen LogP contribution in [-0.4, -0.2) is 10.8 Å². The molecule has 0 aliphatic rings. The van der Waals surface area contributed by atoms with Crippen LogP contribution >= 0.6 is 12.2 Å². The fourth-order valence-electron chi connectivity index (χ4n) is 1.93. The third-order valence-electron chi connectivity index (χ3n) is 2.93. The van der Waals surface area contributed by atoms with Gasteiger partial charge in [-0.25, -0.2) is 0 Å². The number of para-hydroxylation sites is 1. The zero-order valence-electron chi connectivity index (χ0n) is 12.2. The van der Waals surface area contributed by atoms with E-state index in [-0.39, 0.29) is 0 Å². The number of hydrazone groups is 1. The number of hydrogen-bond acceptors (Lipinski definition) is 2. The summed E-state index contributed by atoms with van der Waals surface area (Å²) in [4.78, 5) is 0. The number of nitrogens with zero attached hydrogens (tertiary/aromatic N) is 1. The molecule has 0 saturated heterocycles. The lowest BCUT2D eigenvalue weighted by Gasteiger charge is -2.12. The van der Waals surface area contributed by atoms with Crippen molar-refractivity contribution in [2.45, 2.75) is 13.8 Å². The molecule has 2 aromatic rings. The molecule has 0 aliphatic carbocycles. The van der Waals surface area contributed by atoms with E-state index in [0.717, 1.165) is 17.0 Å². The van der Waals surface area contributed by atoms with Crippen LogP contribution in [0.1, 0.15) is 19.4 Å². The van der Waals surface area contributed by atoms with E-state index in [0.29, 0.717) is 11.0 Å². The van der Waals surface area contributed by atoms with E-state index in [1.54, 1.807) is 0 Å². The number of benzene rings is 2. The van der Waals surface area contributed by atoms with Crippen molar-refractivity contribution in [2.75, 3.05) is 5.32 Å². The van der Waals surface area contributed by atoms with Crippen molar-refractivity contribution in [2.24, 2.45) is 11.0 Å². The Bertz CT molecular complexity index is 606. The minimum atomic E-state index is 0.305. The third-order valence-corrected chi connectivity index (χ3v) is 3.12. The van der Waals surface area contributed by atoms with Crippen molar-refractivity contribution < 1.29 is 0 Å². The van der Waals surface area contributed by atoms with E-state index in [1.807, 2.05) is 60.7 Å². The minimum Gasteiger partial charge on any atom is -0.331 e. The lowest BCUT2D eigenvalue weighted by Crippen LogP contribution is -2.26. The van der Waals surface area contributed by atoms with Crippen molar-refractivity contribution in [1.29, 1.82) is 0 Å². The van der Waals surface area contributed by atoms with Crippen LogP contribution in [0, 0.1) is 5.92 Å². The summed E-state index contributed by atoms with van der Waals surface area (Å²) in [6, 6.07) is 19.9. The standard InChI is InChI=1S/C17H19N3S/c1-13(2)16(14-9-5-3-6-10-14)19-20-17(21)18-15-11-7-4-8-12-15/h3-13H,1-2H3,(H2,18,20,21)/b19-16+. The van der Waals surface area contributed by atoms with Gasteiger partial charge in [-0.2, -0.15) is 5.10 Å². The molecule has 2 rings (SSSR count). The SMILES string of the molecule is CC(C)/C(=N\NC(=S)Nc1ccccc1)c1ccccc1. The van der Waals surface area contributed by atoms with Gasteiger partial charge in [-0.05, 0) is 35.8 Å². The van der Waals surface area contributed by atoms with Gasteiger partial charge in [-0.3, -0.25) is 5.43 Å². The zero-order chi connectivity index (χ0) is 15.1. The topological polar surface area (TPSA) is 36.4 Å². The zero-order valence-corrected chi connectivity index (χ0v) is 13.0. The van der Waals surface area contributed by atoms with Crippen LogP contribution in [0.3, 0.4) is 0 Å². The Labute approximate surface area is 131 Å². The summed E-state index contributed by atoms with van der Waals surface area (Å²) in [5, 5.41) is 8.04. The van der Waals surface area contributed by atoms with Crippen LogP contribution in [0.25, 0.3) is 0 Å². The summed E-state index contributed by atoms with van der Waals surface area (Å²) in [5.41, 5.74) is 5.94. The van der Waals surface area contributed by atoms with E-state index in [1.165, 1.54) is 0 Å². The maximum Gasteiger partial charge on any atom is 0.191 e. The molecule has 0 spiro atoms. The molecule has 21 heavy (non-hydrogen) atoms. The Hall–Kier alpha value is -2.20. The second-order valence-corrected chi connectivity index (χ2v) is 5.36. The van der Waals surface area contributed by atoms with Gasteiger partial charge in [0.25, 0.3) is 0 Å². The summed E-state index contributed by atoms with van der Waals surface area (Å²) in [7, 11) is 0. The molecular weight excluding hydrogens is 278 g/mol. The van der Waals surface area contributed by atoms with Gasteiger partial charge in [0.2, 0.25) is 0 Å². The first-order chi connectivity index (χ1) is 10.2. The first-order valence-corrected chi connectivity index (χ1v) is 7.32. The molecule has 0 aromatic heterocycles. The van der Waals surface area contributed by atoms with Crippen molar-refractivity contribution in [3.05, 3.63) is 66.2 Å². The maximum atomic E-state index is 5.26. The van der Waals surface area contributed by atoms with Crippen LogP contribution in [-0.2, 0) is 0 Å². The highest BCUT2D eigenvalue weighted by atomic mass is 32.1. The predicted octanol–water partition coefficient (Wildman–Crippen LogP) is 4.03. The summed E-state index contributed by atoms with van der Waals surface area (Å²) >= 11 is 5.26. The van der Waals surface area contributed by atoms with Gasteiger partial charge in [0.05, 0.1) is 5.71 Å². The van der Waals surface area contributed by atoms with E-state index >= 15 is 0 Å². The molecule has 4 heteroatoms. The molecule has 108 valence electrons. The van der Waals surface area contributed by atoms with Gasteiger partial charge in [-0.1, -0.05) is 62.4 Å². The molecule has 0 fully saturated rings. The van der Waals surface area contributed by atoms with Crippen molar-refractivity contribution in [1.82, 2.24) is 5.43 Å². The molecule has 2 aromatic carbocycles. The summed E-state index contributed by atoms with van der Waals surface area (Å²) < 4.78 is 0. The smallest absolute Gasteiger partial charge is 0.191 e. The van der Waals surface area contributed by atoms with Gasteiger partial charge in [0.15, 0.2) is 5.11 Å². The van der Waals surface area contributed by atoms with Gasteiger partial charge < -0.3 is 5.32 Å². The first kappa shape index (κ1) is 15.2. The molecule has 0 saturated carbocycles. The van der Waals surface area contributed by atoms with Gasteiger partial charge in [0, 0.05) is 5.69 Å². The summed E-state index contributed by atoms with van der Waals surface area (Å²) in [6.07, 6.45) is 0. The Balaban J connectivity index is 2.05. The van der Waals surface area contributed by atoms with Gasteiger partial charge in [-0.15, -0.1) is 0 Å². The molecule has 0 aliphatic heterocycles. The minimum absolute atomic E-state index is 0.305. The summed E-state index contributed by atoms with van der Waals surface area (Å²) in [6.45, 7) is 4.22. The maximum absolute atomic E-state index is 5.26. The van der Waals surface area contributed by atoms with E-state index < -0.39 is 0 Å². The largest absolute Gasteiger partial charge is 0.331 e. The van der Waals surface area contributed by atoms with Crippen LogP contribution in [0.2, 0.25) is 0 Å². The molecule has 3 nitrogen and oxygen atoms in total. The predicted molar refractivity (Wildman–Crippen MR) is 93.6 cm³/mol. The molecule has 0 bridgehead atoms. The fourth-order valence-corrected chi connectivity index (χ4v) is 2.09. The monoisotopic (exact) mass is 297 g/mol. The normalized spacial score (nSPS) is 11.3. The average Bonchev–Trinajstić information content (AvgIpc) is 2.49. The van der Waals surface area contributed by atoms with Crippen molar-refractivity contribution in [3.63, 3.8) is 0 Å². The van der Waals surface area contributed by atoms with E-state index in [2.05, 4.69) is 29.7 Å². The molecule has 0 atom stereocenters. The Morgan fingerprint density at radius 2 is 1.52 bits per heavy atom. The third kappa shape index (κ3) is 4.68. The number of anilines is 1. The summed E-state index contributed by atoms with van der Waals surface area (Å²) in [5.74, 6) is 0.305. The van der Waals surface area contributed by atoms with E-state index in [9.17, 15) is 0 Å². The Morgan fingerprint density at radius 1 is 0.952 bits per heavy atom. The van der Waals surface area contributed by atoms with Crippen LogP contribution in [0.15, 0.2) is 65.8 Å². The number of thiocarbonyl (C=S) groups is 1. The average molecular weight is 297 g/mol. The van der Waals surface area contributed by atoms with Gasteiger partial charge in [0.1, 0.15) is 0 Å². The van der Waals surface area contributed by atoms with Crippen LogP contribution in [0.5, 0.6) is 0 Å². The highest BCUT2D eigenvalue weighted by Crippen LogP contribution is 2.09. The number of nitrogens with one attached hydrogen (secondary N) is 2. The lowest BCUT2D eigenvalue weighted by molar-refractivity contribution is 0.861.